The minimum absolute atomic E-state index is 0.0556. The minimum Gasteiger partial charge on any atom is -0.390 e. The van der Waals surface area contributed by atoms with E-state index in [-0.39, 0.29) is 11.8 Å². The molecule has 0 bridgehead atoms. The Morgan fingerprint density at radius 2 is 1.88 bits per heavy atom. The fraction of sp³-hybridized carbons (Fsp3) is 0.545. The molecule has 2 aromatic rings. The van der Waals surface area contributed by atoms with Crippen LogP contribution in [0.4, 0.5) is 0 Å². The molecule has 4 nitrogen and oxygen atoms in total. The second-order valence-corrected chi connectivity index (χ2v) is 9.27. The van der Waals surface area contributed by atoms with Crippen LogP contribution in [0.15, 0.2) is 36.4 Å². The molecule has 5 rings (SSSR count). The van der Waals surface area contributed by atoms with Crippen LogP contribution in [0.2, 0.25) is 0 Å². The van der Waals surface area contributed by atoms with E-state index in [4.69, 9.17) is 4.98 Å². The van der Waals surface area contributed by atoms with Crippen molar-refractivity contribution in [3.05, 3.63) is 42.1 Å². The molecule has 3 fully saturated rings. The molecule has 0 radical (unpaired) electrons. The highest BCUT2D eigenvalue weighted by molar-refractivity contribution is 5.81. The number of hydrogen-bond acceptors (Lipinski definition) is 3. The fourth-order valence-corrected chi connectivity index (χ4v) is 5.44. The number of amides is 1. The number of fused-ring (bicyclic) bond motifs is 1. The van der Waals surface area contributed by atoms with Crippen molar-refractivity contribution in [3.8, 4) is 0 Å². The summed E-state index contributed by atoms with van der Waals surface area (Å²) < 4.78 is 0. The topological polar surface area (TPSA) is 53.4 Å². The average Bonchev–Trinajstić information content (AvgIpc) is 2.52. The zero-order valence-electron chi connectivity index (χ0n) is 15.3. The largest absolute Gasteiger partial charge is 0.390 e. The van der Waals surface area contributed by atoms with E-state index in [1.165, 1.54) is 23.9 Å². The summed E-state index contributed by atoms with van der Waals surface area (Å²) in [5.74, 6) is 1.02. The van der Waals surface area contributed by atoms with Crippen molar-refractivity contribution in [2.24, 2.45) is 17.3 Å². The van der Waals surface area contributed by atoms with Gasteiger partial charge in [-0.25, -0.2) is 0 Å². The van der Waals surface area contributed by atoms with Crippen molar-refractivity contribution < 1.29 is 9.90 Å². The van der Waals surface area contributed by atoms with Gasteiger partial charge in [-0.1, -0.05) is 24.3 Å². The number of rotatable bonds is 3. The molecule has 1 spiro atoms. The number of carbonyl (C=O) groups excluding carboxylic acids is 1. The van der Waals surface area contributed by atoms with E-state index in [1.807, 2.05) is 24.0 Å². The Morgan fingerprint density at radius 1 is 1.15 bits per heavy atom. The van der Waals surface area contributed by atoms with Crippen molar-refractivity contribution in [1.29, 1.82) is 0 Å². The van der Waals surface area contributed by atoms with E-state index >= 15 is 0 Å². The van der Waals surface area contributed by atoms with Crippen LogP contribution in [0.1, 0.15) is 38.3 Å². The Hall–Kier alpha value is -1.94. The number of nitrogens with zero attached hydrogens (tertiary/aromatic N) is 2. The molecule has 3 aliphatic rings. The molecule has 1 aromatic heterocycles. The number of likely N-dealkylation sites (tertiary alicyclic amines) is 1. The Labute approximate surface area is 154 Å². The number of carbonyl (C=O) groups is 1. The van der Waals surface area contributed by atoms with Crippen LogP contribution in [0.5, 0.6) is 0 Å². The van der Waals surface area contributed by atoms with Crippen molar-refractivity contribution in [3.63, 3.8) is 0 Å². The van der Waals surface area contributed by atoms with Crippen molar-refractivity contribution in [2.75, 3.05) is 13.1 Å². The highest BCUT2D eigenvalue weighted by Gasteiger charge is 2.55. The Balaban J connectivity index is 1.13. The maximum absolute atomic E-state index is 12.4. The second-order valence-electron chi connectivity index (χ2n) is 9.27. The molecule has 136 valence electrons. The molecule has 0 atom stereocenters. The van der Waals surface area contributed by atoms with Gasteiger partial charge in [0.25, 0.3) is 0 Å². The number of para-hydroxylation sites is 1. The first-order chi connectivity index (χ1) is 12.4. The van der Waals surface area contributed by atoms with Gasteiger partial charge in [0.1, 0.15) is 0 Å². The summed E-state index contributed by atoms with van der Waals surface area (Å²) in [4.78, 5) is 19.2. The highest BCUT2D eigenvalue weighted by Crippen LogP contribution is 2.53. The third kappa shape index (κ3) is 2.71. The van der Waals surface area contributed by atoms with E-state index < -0.39 is 5.60 Å². The first-order valence-electron chi connectivity index (χ1n) is 9.77. The third-order valence-corrected chi connectivity index (χ3v) is 6.68. The van der Waals surface area contributed by atoms with Crippen molar-refractivity contribution in [2.45, 2.75) is 44.6 Å². The van der Waals surface area contributed by atoms with Crippen LogP contribution in [0.3, 0.4) is 0 Å². The molecule has 4 heteroatoms. The summed E-state index contributed by atoms with van der Waals surface area (Å²) in [6, 6.07) is 12.6. The molecule has 1 saturated heterocycles. The summed E-state index contributed by atoms with van der Waals surface area (Å²) in [5, 5.41) is 11.0. The summed E-state index contributed by atoms with van der Waals surface area (Å²) in [5.41, 5.74) is 2.03. The molecule has 2 heterocycles. The predicted molar refractivity (Wildman–Crippen MR) is 101 cm³/mol. The molecular weight excluding hydrogens is 324 g/mol. The zero-order valence-corrected chi connectivity index (χ0v) is 15.3. The maximum atomic E-state index is 12.4. The predicted octanol–water partition coefficient (Wildman–Crippen LogP) is 3.18. The lowest BCUT2D eigenvalue weighted by molar-refractivity contribution is -0.171. The van der Waals surface area contributed by atoms with Gasteiger partial charge < -0.3 is 10.0 Å². The lowest BCUT2D eigenvalue weighted by Crippen LogP contribution is -2.66. The smallest absolute Gasteiger partial charge is 0.225 e. The third-order valence-electron chi connectivity index (χ3n) is 6.68. The van der Waals surface area contributed by atoms with Gasteiger partial charge in [0.15, 0.2) is 0 Å². The van der Waals surface area contributed by atoms with Gasteiger partial charge in [-0.3, -0.25) is 9.78 Å². The number of benzene rings is 1. The van der Waals surface area contributed by atoms with Crippen molar-refractivity contribution >= 4 is 16.8 Å². The van der Waals surface area contributed by atoms with E-state index in [9.17, 15) is 9.90 Å². The van der Waals surface area contributed by atoms with E-state index in [2.05, 4.69) is 24.3 Å². The number of hydrogen-bond donors (Lipinski definition) is 1. The quantitative estimate of drug-likeness (QED) is 0.925. The van der Waals surface area contributed by atoms with Crippen LogP contribution in [0.25, 0.3) is 10.9 Å². The van der Waals surface area contributed by atoms with Gasteiger partial charge in [-0.05, 0) is 57.1 Å². The summed E-state index contributed by atoms with van der Waals surface area (Å²) in [7, 11) is 0. The van der Waals surface area contributed by atoms with Gasteiger partial charge in [-0.2, -0.15) is 0 Å². The second kappa shape index (κ2) is 5.53. The Bertz CT molecular complexity index is 853. The number of aromatic nitrogens is 1. The summed E-state index contributed by atoms with van der Waals surface area (Å²) >= 11 is 0. The lowest BCUT2D eigenvalue weighted by atomic mass is 9.56. The zero-order chi connectivity index (χ0) is 17.9. The van der Waals surface area contributed by atoms with Crippen molar-refractivity contribution in [1.82, 2.24) is 9.88 Å². The van der Waals surface area contributed by atoms with E-state index in [0.29, 0.717) is 24.2 Å². The van der Waals surface area contributed by atoms with Gasteiger partial charge in [-0.15, -0.1) is 0 Å². The molecule has 1 aromatic carbocycles. The van der Waals surface area contributed by atoms with Crippen LogP contribution in [-0.2, 0) is 11.2 Å². The lowest BCUT2D eigenvalue weighted by Gasteiger charge is -2.60. The van der Waals surface area contributed by atoms with Crippen LogP contribution >= 0.6 is 0 Å². The van der Waals surface area contributed by atoms with Gasteiger partial charge in [0, 0.05) is 35.5 Å². The molecule has 2 saturated carbocycles. The molecule has 0 unspecified atom stereocenters. The minimum atomic E-state index is -0.614. The van der Waals surface area contributed by atoms with Gasteiger partial charge in [0.2, 0.25) is 5.91 Å². The first-order valence-corrected chi connectivity index (χ1v) is 9.77. The standard InChI is InChI=1S/C22H26N2O2/c1-21(26)11-17(12-21)20(25)24-13-22(14-24)9-15(10-22)8-18-7-6-16-4-2-3-5-19(16)23-18/h2-7,15,17,26H,8-14H2,1H3/t17-,21+. The molecule has 1 amide bonds. The van der Waals surface area contributed by atoms with Crippen LogP contribution in [-0.4, -0.2) is 39.6 Å². The molecule has 2 aliphatic carbocycles. The first kappa shape index (κ1) is 16.2. The monoisotopic (exact) mass is 350 g/mol. The van der Waals surface area contributed by atoms with Crippen LogP contribution in [0, 0.1) is 17.3 Å². The van der Waals surface area contributed by atoms with Gasteiger partial charge in [0.05, 0.1) is 11.1 Å². The van der Waals surface area contributed by atoms with E-state index in [0.717, 1.165) is 25.0 Å². The van der Waals surface area contributed by atoms with Gasteiger partial charge >= 0.3 is 0 Å². The van der Waals surface area contributed by atoms with E-state index in [1.54, 1.807) is 0 Å². The maximum Gasteiger partial charge on any atom is 0.225 e. The van der Waals surface area contributed by atoms with Crippen LogP contribution < -0.4 is 0 Å². The SMILES string of the molecule is C[C@]1(O)C[C@@H](C(=O)N2CC3(CC(Cc4ccc5ccccc5n4)C3)C2)C1. The molecule has 1 aliphatic heterocycles. The molecule has 26 heavy (non-hydrogen) atoms. The normalized spacial score (nSPS) is 29.9. The fourth-order valence-electron chi connectivity index (χ4n) is 5.44. The summed E-state index contributed by atoms with van der Waals surface area (Å²) in [6.07, 6.45) is 4.74. The molecule has 1 N–H and O–H groups in total. The highest BCUT2D eigenvalue weighted by atomic mass is 16.3. The Morgan fingerprint density at radius 3 is 2.62 bits per heavy atom. The summed E-state index contributed by atoms with van der Waals surface area (Å²) in [6.45, 7) is 3.67. The Kier molecular flexibility index (Phi) is 3.45. The average molecular weight is 350 g/mol. The molecular formula is C22H26N2O2. The number of pyridine rings is 1. The number of aliphatic hydroxyl groups is 1.